The van der Waals surface area contributed by atoms with Gasteiger partial charge < -0.3 is 10.2 Å². The van der Waals surface area contributed by atoms with Crippen LogP contribution in [-0.2, 0) is 9.59 Å². The van der Waals surface area contributed by atoms with Gasteiger partial charge in [0.1, 0.15) is 0 Å². The lowest BCUT2D eigenvalue weighted by Gasteiger charge is -2.18. The van der Waals surface area contributed by atoms with Crippen LogP contribution in [0.15, 0.2) is 34.8 Å². The van der Waals surface area contributed by atoms with Crippen molar-refractivity contribution < 1.29 is 9.59 Å². The molecule has 1 aliphatic heterocycles. The van der Waals surface area contributed by atoms with Crippen molar-refractivity contribution in [2.45, 2.75) is 34.1 Å². The molecular formula is C21H23BrN2O2. The average Bonchev–Trinajstić information content (AvgIpc) is 2.97. The largest absolute Gasteiger partial charge is 0.326 e. The molecule has 3 rings (SSSR count). The van der Waals surface area contributed by atoms with Crippen molar-refractivity contribution in [2.24, 2.45) is 5.92 Å². The molecule has 0 saturated carbocycles. The monoisotopic (exact) mass is 414 g/mol. The summed E-state index contributed by atoms with van der Waals surface area (Å²) in [6, 6.07) is 9.84. The number of hydrogen-bond acceptors (Lipinski definition) is 2. The minimum atomic E-state index is -0.339. The Morgan fingerprint density at radius 1 is 1.04 bits per heavy atom. The number of halogens is 1. The predicted octanol–water partition coefficient (Wildman–Crippen LogP) is 4.67. The first-order valence-corrected chi connectivity index (χ1v) is 9.51. The van der Waals surface area contributed by atoms with Crippen molar-refractivity contribution in [3.05, 3.63) is 57.1 Å². The van der Waals surface area contributed by atoms with E-state index < -0.39 is 0 Å². The summed E-state index contributed by atoms with van der Waals surface area (Å²) in [5.74, 6) is -0.448. The fraction of sp³-hybridized carbons (Fsp3) is 0.333. The standard InChI is InChI=1S/C21H23BrN2O2/c1-12-5-6-18(9-13(12)2)24-11-16(10-19(24)25)21(26)23-17-7-14(3)20(22)15(4)8-17/h5-9,16H,10-11H2,1-4H3,(H,23,26)/t16-/m0/s1. The highest BCUT2D eigenvalue weighted by Gasteiger charge is 2.35. The first kappa shape index (κ1) is 18.6. The maximum Gasteiger partial charge on any atom is 0.229 e. The van der Waals surface area contributed by atoms with Crippen LogP contribution in [0.25, 0.3) is 0 Å². The van der Waals surface area contributed by atoms with E-state index in [4.69, 9.17) is 0 Å². The molecule has 1 fully saturated rings. The maximum atomic E-state index is 12.7. The zero-order chi connectivity index (χ0) is 19.0. The molecule has 0 radical (unpaired) electrons. The van der Waals surface area contributed by atoms with Crippen LogP contribution >= 0.6 is 15.9 Å². The molecule has 1 saturated heterocycles. The Morgan fingerprint density at radius 2 is 1.69 bits per heavy atom. The van der Waals surface area contributed by atoms with Crippen LogP contribution in [0.3, 0.4) is 0 Å². The van der Waals surface area contributed by atoms with Gasteiger partial charge in [0.15, 0.2) is 0 Å². The van der Waals surface area contributed by atoms with Crippen molar-refractivity contribution in [1.29, 1.82) is 0 Å². The van der Waals surface area contributed by atoms with Crippen molar-refractivity contribution in [3.8, 4) is 0 Å². The average molecular weight is 415 g/mol. The van der Waals surface area contributed by atoms with E-state index in [1.54, 1.807) is 4.90 Å². The smallest absolute Gasteiger partial charge is 0.229 e. The summed E-state index contributed by atoms with van der Waals surface area (Å²) in [5.41, 5.74) is 6.10. The Hall–Kier alpha value is -2.14. The molecule has 5 heteroatoms. The van der Waals surface area contributed by atoms with Crippen LogP contribution in [-0.4, -0.2) is 18.4 Å². The molecule has 0 aliphatic carbocycles. The molecule has 0 aromatic heterocycles. The molecule has 2 aromatic carbocycles. The Bertz CT molecular complexity index is 869. The van der Waals surface area contributed by atoms with Gasteiger partial charge in [0, 0.05) is 28.8 Å². The third-order valence-electron chi connectivity index (χ3n) is 5.00. The van der Waals surface area contributed by atoms with Crippen molar-refractivity contribution in [2.75, 3.05) is 16.8 Å². The Kier molecular flexibility index (Phi) is 5.19. The van der Waals surface area contributed by atoms with Gasteiger partial charge in [-0.15, -0.1) is 0 Å². The van der Waals surface area contributed by atoms with Crippen LogP contribution in [0.1, 0.15) is 28.7 Å². The van der Waals surface area contributed by atoms with Crippen LogP contribution in [0.2, 0.25) is 0 Å². The molecule has 0 spiro atoms. The van der Waals surface area contributed by atoms with Gasteiger partial charge in [-0.2, -0.15) is 0 Å². The number of hydrogen-bond donors (Lipinski definition) is 1. The van der Waals surface area contributed by atoms with Gasteiger partial charge in [-0.1, -0.05) is 22.0 Å². The second-order valence-corrected chi connectivity index (χ2v) is 7.88. The molecular weight excluding hydrogens is 392 g/mol. The summed E-state index contributed by atoms with van der Waals surface area (Å²) < 4.78 is 1.05. The molecule has 2 amide bonds. The third-order valence-corrected chi connectivity index (χ3v) is 6.25. The highest BCUT2D eigenvalue weighted by atomic mass is 79.9. The van der Waals surface area contributed by atoms with E-state index in [-0.39, 0.29) is 24.2 Å². The number of rotatable bonds is 3. The van der Waals surface area contributed by atoms with Crippen LogP contribution < -0.4 is 10.2 Å². The molecule has 2 aromatic rings. The fourth-order valence-electron chi connectivity index (χ4n) is 3.29. The molecule has 1 N–H and O–H groups in total. The van der Waals surface area contributed by atoms with Gasteiger partial charge in [0.05, 0.1) is 5.92 Å². The number of amides is 2. The summed E-state index contributed by atoms with van der Waals surface area (Å²) in [4.78, 5) is 26.8. The summed E-state index contributed by atoms with van der Waals surface area (Å²) in [7, 11) is 0. The first-order valence-electron chi connectivity index (χ1n) is 8.71. The van der Waals surface area contributed by atoms with E-state index in [2.05, 4.69) is 21.2 Å². The van der Waals surface area contributed by atoms with E-state index in [1.807, 2.05) is 58.0 Å². The van der Waals surface area contributed by atoms with Crippen molar-refractivity contribution in [3.63, 3.8) is 0 Å². The number of nitrogens with one attached hydrogen (secondary N) is 1. The van der Waals surface area contributed by atoms with Gasteiger partial charge in [-0.3, -0.25) is 9.59 Å². The molecule has 1 heterocycles. The second-order valence-electron chi connectivity index (χ2n) is 7.09. The van der Waals surface area contributed by atoms with Gasteiger partial charge in [0.25, 0.3) is 0 Å². The normalized spacial score (nSPS) is 16.9. The van der Waals surface area contributed by atoms with Gasteiger partial charge in [0.2, 0.25) is 11.8 Å². The van der Waals surface area contributed by atoms with Gasteiger partial charge in [-0.25, -0.2) is 0 Å². The number of nitrogens with zero attached hydrogens (tertiary/aromatic N) is 1. The fourth-order valence-corrected chi connectivity index (χ4v) is 3.52. The molecule has 0 unspecified atom stereocenters. The van der Waals surface area contributed by atoms with Gasteiger partial charge in [-0.05, 0) is 74.2 Å². The number of carbonyl (C=O) groups excluding carboxylic acids is 2. The number of aryl methyl sites for hydroxylation is 4. The summed E-state index contributed by atoms with van der Waals surface area (Å²) in [5, 5.41) is 2.97. The predicted molar refractivity (Wildman–Crippen MR) is 109 cm³/mol. The third kappa shape index (κ3) is 3.68. The Morgan fingerprint density at radius 3 is 2.31 bits per heavy atom. The summed E-state index contributed by atoms with van der Waals surface area (Å²) >= 11 is 3.53. The molecule has 1 atom stereocenters. The van der Waals surface area contributed by atoms with E-state index in [1.165, 1.54) is 5.56 Å². The summed E-state index contributed by atoms with van der Waals surface area (Å²) in [6.07, 6.45) is 0.243. The minimum Gasteiger partial charge on any atom is -0.326 e. The highest BCUT2D eigenvalue weighted by Crippen LogP contribution is 2.29. The van der Waals surface area contributed by atoms with Crippen molar-refractivity contribution in [1.82, 2.24) is 0 Å². The number of carbonyl (C=O) groups is 2. The van der Waals surface area contributed by atoms with E-state index in [0.717, 1.165) is 32.5 Å². The van der Waals surface area contributed by atoms with Gasteiger partial charge >= 0.3 is 0 Å². The first-order chi connectivity index (χ1) is 12.3. The number of benzene rings is 2. The highest BCUT2D eigenvalue weighted by molar-refractivity contribution is 9.10. The molecule has 4 nitrogen and oxygen atoms in total. The number of anilines is 2. The van der Waals surface area contributed by atoms with Crippen LogP contribution in [0.4, 0.5) is 11.4 Å². The lowest BCUT2D eigenvalue weighted by atomic mass is 10.1. The zero-order valence-corrected chi connectivity index (χ0v) is 17.1. The maximum absolute atomic E-state index is 12.7. The molecule has 26 heavy (non-hydrogen) atoms. The Labute approximate surface area is 162 Å². The molecule has 136 valence electrons. The van der Waals surface area contributed by atoms with Crippen LogP contribution in [0, 0.1) is 33.6 Å². The zero-order valence-electron chi connectivity index (χ0n) is 15.5. The topological polar surface area (TPSA) is 49.4 Å². The van der Waals surface area contributed by atoms with E-state index >= 15 is 0 Å². The minimum absolute atomic E-state index is 0.00318. The lowest BCUT2D eigenvalue weighted by Crippen LogP contribution is -2.28. The Balaban J connectivity index is 1.73. The van der Waals surface area contributed by atoms with E-state index in [9.17, 15) is 9.59 Å². The van der Waals surface area contributed by atoms with E-state index in [0.29, 0.717) is 6.54 Å². The van der Waals surface area contributed by atoms with Crippen molar-refractivity contribution >= 4 is 39.1 Å². The quantitative estimate of drug-likeness (QED) is 0.792. The second kappa shape index (κ2) is 7.23. The SMILES string of the molecule is Cc1ccc(N2C[C@@H](C(=O)Nc3cc(C)c(Br)c(C)c3)CC2=O)cc1C. The summed E-state index contributed by atoms with van der Waals surface area (Å²) in [6.45, 7) is 8.48. The lowest BCUT2D eigenvalue weighted by molar-refractivity contribution is -0.122. The van der Waals surface area contributed by atoms with Crippen LogP contribution in [0.5, 0.6) is 0 Å². The molecule has 0 bridgehead atoms. The molecule has 1 aliphatic rings.